The Kier molecular flexibility index (Phi) is 3.50. The zero-order valence-electron chi connectivity index (χ0n) is 10.2. The molecule has 2 aliphatic rings. The smallest absolute Gasteiger partial charge is 0.225 e. The van der Waals surface area contributed by atoms with Gasteiger partial charge in [0.1, 0.15) is 0 Å². The van der Waals surface area contributed by atoms with Gasteiger partial charge in [-0.1, -0.05) is 0 Å². The Morgan fingerprint density at radius 2 is 2.12 bits per heavy atom. The summed E-state index contributed by atoms with van der Waals surface area (Å²) in [5, 5.41) is 9.25. The molecule has 4 nitrogen and oxygen atoms in total. The number of hydrogen-bond donors (Lipinski definition) is 1. The summed E-state index contributed by atoms with van der Waals surface area (Å²) in [4.78, 5) is 16.0. The van der Waals surface area contributed by atoms with Crippen LogP contribution in [0.3, 0.4) is 0 Å². The molecule has 0 aromatic carbocycles. The number of carbonyl (C=O) groups excluding carboxylic acids is 1. The summed E-state index contributed by atoms with van der Waals surface area (Å²) in [6, 6.07) is 0.875. The third-order valence-corrected chi connectivity index (χ3v) is 4.06. The highest BCUT2D eigenvalue weighted by molar-refractivity contribution is 5.78. The van der Waals surface area contributed by atoms with Gasteiger partial charge in [-0.05, 0) is 32.2 Å². The van der Waals surface area contributed by atoms with Crippen LogP contribution in [-0.2, 0) is 4.79 Å². The fourth-order valence-electron chi connectivity index (χ4n) is 3.17. The maximum Gasteiger partial charge on any atom is 0.225 e. The second kappa shape index (κ2) is 4.72. The molecular formula is C12H22N2O2. The molecule has 0 aromatic heterocycles. The predicted octanol–water partition coefficient (Wildman–Crippen LogP) is 0.310. The van der Waals surface area contributed by atoms with Crippen LogP contribution < -0.4 is 0 Å². The van der Waals surface area contributed by atoms with E-state index in [4.69, 9.17) is 0 Å². The molecule has 2 aliphatic heterocycles. The van der Waals surface area contributed by atoms with Crippen LogP contribution in [0.1, 0.15) is 25.7 Å². The molecule has 1 amide bonds. The molecule has 0 saturated carbocycles. The molecule has 0 spiro atoms. The maximum absolute atomic E-state index is 11.9. The highest BCUT2D eigenvalue weighted by Gasteiger charge is 2.39. The Morgan fingerprint density at radius 3 is 2.75 bits per heavy atom. The van der Waals surface area contributed by atoms with Gasteiger partial charge >= 0.3 is 0 Å². The molecule has 2 saturated heterocycles. The number of nitrogens with zero attached hydrogens (tertiary/aromatic N) is 2. The Labute approximate surface area is 97.2 Å². The molecule has 16 heavy (non-hydrogen) atoms. The average molecular weight is 226 g/mol. The minimum atomic E-state index is 0.202. The van der Waals surface area contributed by atoms with E-state index >= 15 is 0 Å². The van der Waals surface area contributed by atoms with E-state index in [0.29, 0.717) is 12.1 Å². The zero-order chi connectivity index (χ0) is 11.7. The molecule has 2 heterocycles. The standard InChI is InChI=1S/C12H22N2O2/c1-13(2)12(16)9-5-6-14-10(7-9)3-4-11(14)8-15/h9-11,15H,3-8H2,1-2H3/t9?,10?,11-/m0/s1. The van der Waals surface area contributed by atoms with Crippen molar-refractivity contribution in [2.45, 2.75) is 37.8 Å². The topological polar surface area (TPSA) is 43.8 Å². The van der Waals surface area contributed by atoms with E-state index in [1.165, 1.54) is 0 Å². The minimum absolute atomic E-state index is 0.202. The lowest BCUT2D eigenvalue weighted by Crippen LogP contribution is -2.46. The second-order valence-electron chi connectivity index (χ2n) is 5.26. The van der Waals surface area contributed by atoms with Crippen LogP contribution in [0.25, 0.3) is 0 Å². The first-order chi connectivity index (χ1) is 7.63. The van der Waals surface area contributed by atoms with Gasteiger partial charge in [-0.3, -0.25) is 9.69 Å². The average Bonchev–Trinajstić information content (AvgIpc) is 2.69. The first-order valence-electron chi connectivity index (χ1n) is 6.21. The minimum Gasteiger partial charge on any atom is -0.395 e. The number of fused-ring (bicyclic) bond motifs is 1. The summed E-state index contributed by atoms with van der Waals surface area (Å²) in [6.07, 6.45) is 4.16. The highest BCUT2D eigenvalue weighted by atomic mass is 16.3. The second-order valence-corrected chi connectivity index (χ2v) is 5.26. The molecule has 92 valence electrons. The molecule has 0 bridgehead atoms. The summed E-state index contributed by atoms with van der Waals surface area (Å²) < 4.78 is 0. The van der Waals surface area contributed by atoms with Crippen LogP contribution in [0.4, 0.5) is 0 Å². The van der Waals surface area contributed by atoms with Crippen LogP contribution in [0.2, 0.25) is 0 Å². The van der Waals surface area contributed by atoms with E-state index in [1.807, 2.05) is 14.1 Å². The van der Waals surface area contributed by atoms with Gasteiger partial charge in [0.2, 0.25) is 5.91 Å². The molecule has 1 N–H and O–H groups in total. The summed E-state index contributed by atoms with van der Waals surface area (Å²) in [6.45, 7) is 1.24. The molecule has 0 aliphatic carbocycles. The molecule has 0 radical (unpaired) electrons. The number of piperidine rings is 1. The van der Waals surface area contributed by atoms with Crippen LogP contribution in [0.15, 0.2) is 0 Å². The van der Waals surface area contributed by atoms with Gasteiger partial charge in [0.25, 0.3) is 0 Å². The number of aliphatic hydroxyl groups is 1. The van der Waals surface area contributed by atoms with Crippen molar-refractivity contribution in [3.8, 4) is 0 Å². The molecule has 0 aromatic rings. The SMILES string of the molecule is CN(C)C(=O)C1CCN2C(CC[C@H]2CO)C1. The maximum atomic E-state index is 11.9. The molecule has 2 unspecified atom stereocenters. The van der Waals surface area contributed by atoms with Crippen molar-refractivity contribution in [2.24, 2.45) is 5.92 Å². The van der Waals surface area contributed by atoms with Gasteiger partial charge in [0.05, 0.1) is 6.61 Å². The number of rotatable bonds is 2. The number of amides is 1. The van der Waals surface area contributed by atoms with Crippen molar-refractivity contribution in [2.75, 3.05) is 27.2 Å². The monoisotopic (exact) mass is 226 g/mol. The molecule has 4 heteroatoms. The van der Waals surface area contributed by atoms with Crippen molar-refractivity contribution >= 4 is 5.91 Å². The van der Waals surface area contributed by atoms with E-state index in [-0.39, 0.29) is 18.4 Å². The van der Waals surface area contributed by atoms with Crippen molar-refractivity contribution in [1.29, 1.82) is 0 Å². The van der Waals surface area contributed by atoms with Crippen LogP contribution in [0, 0.1) is 5.92 Å². The van der Waals surface area contributed by atoms with Crippen molar-refractivity contribution in [3.05, 3.63) is 0 Å². The largest absolute Gasteiger partial charge is 0.395 e. The molecule has 2 fully saturated rings. The number of carbonyl (C=O) groups is 1. The van der Waals surface area contributed by atoms with Gasteiger partial charge in [-0.15, -0.1) is 0 Å². The van der Waals surface area contributed by atoms with Crippen molar-refractivity contribution in [3.63, 3.8) is 0 Å². The predicted molar refractivity (Wildman–Crippen MR) is 62.0 cm³/mol. The van der Waals surface area contributed by atoms with E-state index < -0.39 is 0 Å². The van der Waals surface area contributed by atoms with E-state index in [9.17, 15) is 9.90 Å². The van der Waals surface area contributed by atoms with Gasteiger partial charge in [0.15, 0.2) is 0 Å². The summed E-state index contributed by atoms with van der Waals surface area (Å²) in [7, 11) is 3.67. The van der Waals surface area contributed by atoms with Crippen molar-refractivity contribution < 1.29 is 9.90 Å². The normalized spacial score (nSPS) is 34.8. The highest BCUT2D eigenvalue weighted by Crippen LogP contribution is 2.34. The molecular weight excluding hydrogens is 204 g/mol. The Hall–Kier alpha value is -0.610. The molecule has 3 atom stereocenters. The van der Waals surface area contributed by atoms with Crippen molar-refractivity contribution in [1.82, 2.24) is 9.80 Å². The lowest BCUT2D eigenvalue weighted by Gasteiger charge is -2.37. The van der Waals surface area contributed by atoms with Crippen LogP contribution in [-0.4, -0.2) is 60.1 Å². The lowest BCUT2D eigenvalue weighted by atomic mass is 9.90. The Morgan fingerprint density at radius 1 is 1.38 bits per heavy atom. The Bertz CT molecular complexity index is 268. The van der Waals surface area contributed by atoms with Gasteiger partial charge < -0.3 is 10.0 Å². The lowest BCUT2D eigenvalue weighted by molar-refractivity contribution is -0.135. The van der Waals surface area contributed by atoms with E-state index in [0.717, 1.165) is 32.2 Å². The van der Waals surface area contributed by atoms with Gasteiger partial charge in [-0.25, -0.2) is 0 Å². The van der Waals surface area contributed by atoms with Crippen LogP contribution in [0.5, 0.6) is 0 Å². The Balaban J connectivity index is 1.95. The summed E-state index contributed by atoms with van der Waals surface area (Å²) in [5.74, 6) is 0.473. The first kappa shape index (κ1) is 11.9. The summed E-state index contributed by atoms with van der Waals surface area (Å²) in [5.41, 5.74) is 0. The van der Waals surface area contributed by atoms with Gasteiger partial charge in [-0.2, -0.15) is 0 Å². The first-order valence-corrected chi connectivity index (χ1v) is 6.21. The van der Waals surface area contributed by atoms with Crippen LogP contribution >= 0.6 is 0 Å². The summed E-state index contributed by atoms with van der Waals surface area (Å²) >= 11 is 0. The fourth-order valence-corrected chi connectivity index (χ4v) is 3.17. The van der Waals surface area contributed by atoms with E-state index in [1.54, 1.807) is 4.90 Å². The fraction of sp³-hybridized carbons (Fsp3) is 0.917. The third-order valence-electron chi connectivity index (χ3n) is 4.06. The zero-order valence-corrected chi connectivity index (χ0v) is 10.2. The van der Waals surface area contributed by atoms with E-state index in [2.05, 4.69) is 4.90 Å². The molecule has 2 rings (SSSR count). The third kappa shape index (κ3) is 2.09. The van der Waals surface area contributed by atoms with Gasteiger partial charge in [0, 0.05) is 32.1 Å². The number of aliphatic hydroxyl groups excluding tert-OH is 1. The number of hydrogen-bond acceptors (Lipinski definition) is 3. The quantitative estimate of drug-likeness (QED) is 0.737.